The summed E-state index contributed by atoms with van der Waals surface area (Å²) in [4.78, 5) is 11.8. The van der Waals surface area contributed by atoms with Crippen molar-refractivity contribution in [1.82, 2.24) is 25.4 Å². The van der Waals surface area contributed by atoms with Gasteiger partial charge in [-0.3, -0.25) is 0 Å². The zero-order valence-corrected chi connectivity index (χ0v) is 13.1. The monoisotopic (exact) mass is 301 g/mol. The minimum atomic E-state index is -0.175. The molecule has 0 aliphatic rings. The van der Waals surface area contributed by atoms with Gasteiger partial charge in [0.15, 0.2) is 5.82 Å². The molecular formula is C16H23N5O. The van der Waals surface area contributed by atoms with E-state index in [1.165, 1.54) is 5.56 Å². The van der Waals surface area contributed by atoms with Crippen LogP contribution in [-0.2, 0) is 13.1 Å². The van der Waals surface area contributed by atoms with Crippen molar-refractivity contribution in [2.75, 3.05) is 6.54 Å². The smallest absolute Gasteiger partial charge is 0.315 e. The summed E-state index contributed by atoms with van der Waals surface area (Å²) in [6, 6.07) is 10.1. The van der Waals surface area contributed by atoms with E-state index < -0.39 is 0 Å². The molecule has 0 saturated heterocycles. The number of carbonyl (C=O) groups is 1. The van der Waals surface area contributed by atoms with Gasteiger partial charge in [0.1, 0.15) is 6.33 Å². The number of benzene rings is 1. The van der Waals surface area contributed by atoms with E-state index in [1.807, 2.05) is 29.7 Å². The molecule has 0 spiro atoms. The van der Waals surface area contributed by atoms with Gasteiger partial charge in [-0.05, 0) is 24.8 Å². The Labute approximate surface area is 130 Å². The molecule has 0 unspecified atom stereocenters. The molecule has 0 saturated carbocycles. The Morgan fingerprint density at radius 3 is 2.77 bits per heavy atom. The van der Waals surface area contributed by atoms with Gasteiger partial charge in [0.05, 0.1) is 6.54 Å². The van der Waals surface area contributed by atoms with Gasteiger partial charge in [-0.2, -0.15) is 0 Å². The summed E-state index contributed by atoms with van der Waals surface area (Å²) in [7, 11) is 0. The van der Waals surface area contributed by atoms with Gasteiger partial charge >= 0.3 is 6.03 Å². The molecule has 1 heterocycles. The largest absolute Gasteiger partial charge is 0.338 e. The highest BCUT2D eigenvalue weighted by Crippen LogP contribution is 2.17. The van der Waals surface area contributed by atoms with Gasteiger partial charge in [0, 0.05) is 13.1 Å². The third-order valence-corrected chi connectivity index (χ3v) is 3.67. The first-order valence-corrected chi connectivity index (χ1v) is 7.64. The second kappa shape index (κ2) is 8.17. The summed E-state index contributed by atoms with van der Waals surface area (Å²) in [5.74, 6) is 1.18. The van der Waals surface area contributed by atoms with Crippen LogP contribution >= 0.6 is 0 Å². The fourth-order valence-electron chi connectivity index (χ4n) is 2.25. The maximum Gasteiger partial charge on any atom is 0.315 e. The van der Waals surface area contributed by atoms with E-state index in [1.54, 1.807) is 6.33 Å². The van der Waals surface area contributed by atoms with Crippen LogP contribution in [-0.4, -0.2) is 27.3 Å². The maximum atomic E-state index is 11.8. The number of hydrogen-bond acceptors (Lipinski definition) is 3. The van der Waals surface area contributed by atoms with Crippen molar-refractivity contribution in [2.45, 2.75) is 39.3 Å². The number of nitrogens with one attached hydrogen (secondary N) is 2. The molecule has 1 aromatic carbocycles. The number of nitrogens with zero attached hydrogens (tertiary/aromatic N) is 3. The van der Waals surface area contributed by atoms with Crippen molar-refractivity contribution >= 4 is 6.03 Å². The fraction of sp³-hybridized carbons (Fsp3) is 0.438. The number of urea groups is 1. The summed E-state index contributed by atoms with van der Waals surface area (Å²) in [6.07, 6.45) is 2.57. The number of aryl methyl sites for hydroxylation is 1. The first-order chi connectivity index (χ1) is 10.7. The Hall–Kier alpha value is -2.37. The summed E-state index contributed by atoms with van der Waals surface area (Å²) < 4.78 is 1.90. The number of aromatic nitrogens is 3. The van der Waals surface area contributed by atoms with E-state index in [-0.39, 0.29) is 6.03 Å². The first-order valence-electron chi connectivity index (χ1n) is 7.64. The molecule has 0 bridgehead atoms. The van der Waals surface area contributed by atoms with Crippen LogP contribution in [0.5, 0.6) is 0 Å². The van der Waals surface area contributed by atoms with Crippen molar-refractivity contribution in [3.8, 4) is 0 Å². The molecule has 1 atom stereocenters. The van der Waals surface area contributed by atoms with Crippen LogP contribution in [0.25, 0.3) is 0 Å². The van der Waals surface area contributed by atoms with Crippen LogP contribution in [0.1, 0.15) is 37.6 Å². The third kappa shape index (κ3) is 4.58. The van der Waals surface area contributed by atoms with Crippen molar-refractivity contribution in [1.29, 1.82) is 0 Å². The number of hydrogen-bond donors (Lipinski definition) is 2. The predicted octanol–water partition coefficient (Wildman–Crippen LogP) is 2.29. The molecule has 6 nitrogen and oxygen atoms in total. The van der Waals surface area contributed by atoms with E-state index in [4.69, 9.17) is 0 Å². The summed E-state index contributed by atoms with van der Waals surface area (Å²) in [5.41, 5.74) is 1.29. The summed E-state index contributed by atoms with van der Waals surface area (Å²) in [5, 5.41) is 13.5. The van der Waals surface area contributed by atoms with E-state index >= 15 is 0 Å². The molecule has 6 heteroatoms. The molecule has 0 aliphatic heterocycles. The normalized spacial score (nSPS) is 11.9. The molecule has 118 valence electrons. The topological polar surface area (TPSA) is 71.8 Å². The Balaban J connectivity index is 1.68. The van der Waals surface area contributed by atoms with Crippen LogP contribution in [0.3, 0.4) is 0 Å². The number of carbonyl (C=O) groups excluding carboxylic acids is 1. The van der Waals surface area contributed by atoms with Crippen molar-refractivity contribution in [3.05, 3.63) is 48.0 Å². The van der Waals surface area contributed by atoms with Gasteiger partial charge in [-0.15, -0.1) is 10.2 Å². The molecule has 22 heavy (non-hydrogen) atoms. The van der Waals surface area contributed by atoms with E-state index in [0.717, 1.165) is 18.8 Å². The highest BCUT2D eigenvalue weighted by molar-refractivity contribution is 5.73. The second-order valence-electron chi connectivity index (χ2n) is 5.24. The molecule has 0 aliphatic carbocycles. The number of rotatable bonds is 7. The van der Waals surface area contributed by atoms with Gasteiger partial charge in [0.25, 0.3) is 0 Å². The van der Waals surface area contributed by atoms with Gasteiger partial charge in [-0.1, -0.05) is 37.3 Å². The van der Waals surface area contributed by atoms with Gasteiger partial charge in [0.2, 0.25) is 0 Å². The molecule has 2 aromatic rings. The quantitative estimate of drug-likeness (QED) is 0.824. The van der Waals surface area contributed by atoms with E-state index in [2.05, 4.69) is 39.9 Å². The van der Waals surface area contributed by atoms with Crippen LogP contribution in [0.2, 0.25) is 0 Å². The lowest BCUT2D eigenvalue weighted by Crippen LogP contribution is -2.36. The average molecular weight is 301 g/mol. The molecule has 0 fully saturated rings. The molecule has 2 N–H and O–H groups in total. The Morgan fingerprint density at radius 2 is 2.05 bits per heavy atom. The van der Waals surface area contributed by atoms with E-state index in [9.17, 15) is 4.79 Å². The van der Waals surface area contributed by atoms with Crippen molar-refractivity contribution < 1.29 is 4.79 Å². The number of amides is 2. The zero-order chi connectivity index (χ0) is 15.8. The zero-order valence-electron chi connectivity index (χ0n) is 13.1. The van der Waals surface area contributed by atoms with Gasteiger partial charge < -0.3 is 15.2 Å². The first kappa shape index (κ1) is 16.0. The minimum Gasteiger partial charge on any atom is -0.338 e. The summed E-state index contributed by atoms with van der Waals surface area (Å²) in [6.45, 7) is 5.99. The standard InChI is InChI=1S/C16H23N5O/c1-3-21-12-19-20-15(21)11-18-16(22)17-10-9-13(2)14-7-5-4-6-8-14/h4-8,12-13H,3,9-11H2,1-2H3,(H2,17,18,22)/t13-/m1/s1. The van der Waals surface area contributed by atoms with Crippen LogP contribution < -0.4 is 10.6 Å². The lowest BCUT2D eigenvalue weighted by atomic mass is 9.98. The van der Waals surface area contributed by atoms with Gasteiger partial charge in [-0.25, -0.2) is 4.79 Å². The Kier molecular flexibility index (Phi) is 5.94. The van der Waals surface area contributed by atoms with Crippen LogP contribution in [0.15, 0.2) is 36.7 Å². The minimum absolute atomic E-state index is 0.175. The lowest BCUT2D eigenvalue weighted by molar-refractivity contribution is 0.239. The SMILES string of the molecule is CCn1cnnc1CNC(=O)NCC[C@@H](C)c1ccccc1. The van der Waals surface area contributed by atoms with E-state index in [0.29, 0.717) is 19.0 Å². The lowest BCUT2D eigenvalue weighted by Gasteiger charge is -2.13. The Morgan fingerprint density at radius 1 is 1.27 bits per heavy atom. The third-order valence-electron chi connectivity index (χ3n) is 3.67. The molecule has 2 amide bonds. The van der Waals surface area contributed by atoms with Crippen LogP contribution in [0.4, 0.5) is 4.79 Å². The maximum absolute atomic E-state index is 11.8. The van der Waals surface area contributed by atoms with Crippen molar-refractivity contribution in [2.24, 2.45) is 0 Å². The molecule has 1 aromatic heterocycles. The molecule has 0 radical (unpaired) electrons. The highest BCUT2D eigenvalue weighted by Gasteiger charge is 2.07. The average Bonchev–Trinajstić information content (AvgIpc) is 3.01. The molecular weight excluding hydrogens is 278 g/mol. The second-order valence-corrected chi connectivity index (χ2v) is 5.24. The predicted molar refractivity (Wildman–Crippen MR) is 85.4 cm³/mol. The fourth-order valence-corrected chi connectivity index (χ4v) is 2.25. The highest BCUT2D eigenvalue weighted by atomic mass is 16.2. The summed E-state index contributed by atoms with van der Waals surface area (Å²) >= 11 is 0. The van der Waals surface area contributed by atoms with Crippen molar-refractivity contribution in [3.63, 3.8) is 0 Å². The Bertz CT molecular complexity index is 581. The van der Waals surface area contributed by atoms with Crippen LogP contribution in [0, 0.1) is 0 Å². The molecule has 2 rings (SSSR count).